The fourth-order valence-corrected chi connectivity index (χ4v) is 2.00. The highest BCUT2D eigenvalue weighted by Crippen LogP contribution is 2.11. The summed E-state index contributed by atoms with van der Waals surface area (Å²) in [7, 11) is 0. The minimum Gasteiger partial charge on any atom is -0.481 e. The van der Waals surface area contributed by atoms with Crippen LogP contribution in [0.2, 0.25) is 0 Å². The molecule has 0 aliphatic heterocycles. The first-order valence-electron chi connectivity index (χ1n) is 6.72. The lowest BCUT2D eigenvalue weighted by atomic mass is 9.96. The molecule has 1 aromatic rings. The molecule has 4 N–H and O–H groups in total. The van der Waals surface area contributed by atoms with Crippen molar-refractivity contribution in [1.82, 2.24) is 5.32 Å². The SMILES string of the molecule is CC(C)C(CNC(=O)Cc1ccccc1CN)C(=O)O. The molecule has 1 rings (SSSR count). The highest BCUT2D eigenvalue weighted by atomic mass is 16.4. The molecule has 0 spiro atoms. The summed E-state index contributed by atoms with van der Waals surface area (Å²) < 4.78 is 0. The van der Waals surface area contributed by atoms with E-state index in [4.69, 9.17) is 10.8 Å². The summed E-state index contributed by atoms with van der Waals surface area (Å²) in [6, 6.07) is 7.48. The van der Waals surface area contributed by atoms with Crippen LogP contribution in [0.1, 0.15) is 25.0 Å². The number of hydrogen-bond acceptors (Lipinski definition) is 3. The van der Waals surface area contributed by atoms with Gasteiger partial charge in [0, 0.05) is 13.1 Å². The van der Waals surface area contributed by atoms with Gasteiger partial charge < -0.3 is 16.2 Å². The minimum atomic E-state index is -0.886. The monoisotopic (exact) mass is 278 g/mol. The Kier molecular flexibility index (Phi) is 6.18. The second-order valence-electron chi connectivity index (χ2n) is 5.14. The summed E-state index contributed by atoms with van der Waals surface area (Å²) in [6.07, 6.45) is 0.220. The molecule has 0 saturated heterocycles. The standard InChI is InChI=1S/C15H22N2O3/c1-10(2)13(15(19)20)9-17-14(18)7-11-5-3-4-6-12(11)8-16/h3-6,10,13H,7-9,16H2,1-2H3,(H,17,18)(H,19,20). The highest BCUT2D eigenvalue weighted by Gasteiger charge is 2.22. The summed E-state index contributed by atoms with van der Waals surface area (Å²) in [5.41, 5.74) is 7.43. The summed E-state index contributed by atoms with van der Waals surface area (Å²) in [6.45, 7) is 4.19. The maximum absolute atomic E-state index is 11.9. The van der Waals surface area contributed by atoms with Crippen molar-refractivity contribution >= 4 is 11.9 Å². The second-order valence-corrected chi connectivity index (χ2v) is 5.14. The molecule has 0 fully saturated rings. The van der Waals surface area contributed by atoms with Crippen molar-refractivity contribution in [3.63, 3.8) is 0 Å². The van der Waals surface area contributed by atoms with Crippen LogP contribution < -0.4 is 11.1 Å². The van der Waals surface area contributed by atoms with Crippen molar-refractivity contribution in [2.24, 2.45) is 17.6 Å². The van der Waals surface area contributed by atoms with E-state index in [1.165, 1.54) is 0 Å². The van der Waals surface area contributed by atoms with Crippen molar-refractivity contribution < 1.29 is 14.7 Å². The molecular formula is C15H22N2O3. The smallest absolute Gasteiger partial charge is 0.308 e. The number of nitrogens with one attached hydrogen (secondary N) is 1. The van der Waals surface area contributed by atoms with Crippen LogP contribution in [0.15, 0.2) is 24.3 Å². The topological polar surface area (TPSA) is 92.4 Å². The van der Waals surface area contributed by atoms with Gasteiger partial charge in [-0.05, 0) is 17.0 Å². The lowest BCUT2D eigenvalue weighted by molar-refractivity contribution is -0.143. The van der Waals surface area contributed by atoms with Crippen LogP contribution >= 0.6 is 0 Å². The lowest BCUT2D eigenvalue weighted by Gasteiger charge is -2.17. The van der Waals surface area contributed by atoms with E-state index in [-0.39, 0.29) is 24.8 Å². The van der Waals surface area contributed by atoms with Gasteiger partial charge in [-0.15, -0.1) is 0 Å². The van der Waals surface area contributed by atoms with E-state index in [9.17, 15) is 9.59 Å². The number of amides is 1. The molecule has 5 nitrogen and oxygen atoms in total. The first-order chi connectivity index (χ1) is 9.45. The van der Waals surface area contributed by atoms with Crippen LogP contribution in [-0.2, 0) is 22.6 Å². The Morgan fingerprint density at radius 3 is 2.35 bits per heavy atom. The van der Waals surface area contributed by atoms with Gasteiger partial charge in [-0.25, -0.2) is 0 Å². The van der Waals surface area contributed by atoms with Crippen LogP contribution in [0.5, 0.6) is 0 Å². The maximum atomic E-state index is 11.9. The van der Waals surface area contributed by atoms with E-state index in [0.29, 0.717) is 6.54 Å². The molecule has 5 heteroatoms. The van der Waals surface area contributed by atoms with E-state index in [2.05, 4.69) is 5.32 Å². The average Bonchev–Trinajstić information content (AvgIpc) is 2.38. The van der Waals surface area contributed by atoms with Crippen LogP contribution in [0, 0.1) is 11.8 Å². The Balaban J connectivity index is 2.57. The summed E-state index contributed by atoms with van der Waals surface area (Å²) in [4.78, 5) is 22.9. The highest BCUT2D eigenvalue weighted by molar-refractivity contribution is 5.80. The molecule has 1 atom stereocenters. The molecule has 1 amide bonds. The summed E-state index contributed by atoms with van der Waals surface area (Å²) >= 11 is 0. The van der Waals surface area contributed by atoms with Gasteiger partial charge in [0.15, 0.2) is 0 Å². The largest absolute Gasteiger partial charge is 0.481 e. The number of nitrogens with two attached hydrogens (primary N) is 1. The number of carbonyl (C=O) groups is 2. The van der Waals surface area contributed by atoms with E-state index < -0.39 is 11.9 Å². The van der Waals surface area contributed by atoms with Crippen LogP contribution in [0.4, 0.5) is 0 Å². The molecule has 1 aromatic carbocycles. The van der Waals surface area contributed by atoms with Crippen LogP contribution in [0.25, 0.3) is 0 Å². The summed E-state index contributed by atoms with van der Waals surface area (Å²) in [5.74, 6) is -1.66. The third-order valence-electron chi connectivity index (χ3n) is 3.33. The van der Waals surface area contributed by atoms with Gasteiger partial charge in [0.05, 0.1) is 12.3 Å². The molecule has 0 bridgehead atoms. The molecule has 20 heavy (non-hydrogen) atoms. The van der Waals surface area contributed by atoms with E-state index in [1.807, 2.05) is 38.1 Å². The van der Waals surface area contributed by atoms with Gasteiger partial charge in [-0.2, -0.15) is 0 Å². The van der Waals surface area contributed by atoms with E-state index in [0.717, 1.165) is 11.1 Å². The van der Waals surface area contributed by atoms with Crippen molar-refractivity contribution in [3.05, 3.63) is 35.4 Å². The number of hydrogen-bond donors (Lipinski definition) is 3. The predicted octanol–water partition coefficient (Wildman–Crippen LogP) is 1.16. The van der Waals surface area contributed by atoms with Gasteiger partial charge in [0.25, 0.3) is 0 Å². The first-order valence-corrected chi connectivity index (χ1v) is 6.72. The van der Waals surface area contributed by atoms with Crippen molar-refractivity contribution in [2.75, 3.05) is 6.54 Å². The molecule has 0 radical (unpaired) electrons. The number of carboxylic acid groups (broad SMARTS) is 1. The van der Waals surface area contributed by atoms with Gasteiger partial charge >= 0.3 is 5.97 Å². The van der Waals surface area contributed by atoms with Gasteiger partial charge in [-0.3, -0.25) is 9.59 Å². The van der Waals surface area contributed by atoms with Gasteiger partial charge in [0.1, 0.15) is 0 Å². The normalized spacial score (nSPS) is 12.2. The van der Waals surface area contributed by atoms with Crippen molar-refractivity contribution in [1.29, 1.82) is 0 Å². The Bertz CT molecular complexity index is 472. The van der Waals surface area contributed by atoms with Crippen LogP contribution in [-0.4, -0.2) is 23.5 Å². The summed E-state index contributed by atoms with van der Waals surface area (Å²) in [5, 5.41) is 11.7. The van der Waals surface area contributed by atoms with Gasteiger partial charge in [-0.1, -0.05) is 38.1 Å². The molecule has 0 aliphatic carbocycles. The molecule has 1 unspecified atom stereocenters. The molecule has 110 valence electrons. The number of rotatable bonds is 7. The number of benzene rings is 1. The van der Waals surface area contributed by atoms with Crippen molar-refractivity contribution in [3.8, 4) is 0 Å². The molecule has 0 aromatic heterocycles. The molecular weight excluding hydrogens is 256 g/mol. The minimum absolute atomic E-state index is 0.0240. The van der Waals surface area contributed by atoms with Gasteiger partial charge in [0.2, 0.25) is 5.91 Å². The van der Waals surface area contributed by atoms with E-state index >= 15 is 0 Å². The zero-order chi connectivity index (χ0) is 15.1. The Morgan fingerprint density at radius 2 is 1.85 bits per heavy atom. The number of carbonyl (C=O) groups excluding carboxylic acids is 1. The Morgan fingerprint density at radius 1 is 1.25 bits per heavy atom. The zero-order valence-electron chi connectivity index (χ0n) is 11.9. The van der Waals surface area contributed by atoms with E-state index in [1.54, 1.807) is 0 Å². The predicted molar refractivity (Wildman–Crippen MR) is 77.0 cm³/mol. The number of aliphatic carboxylic acids is 1. The zero-order valence-corrected chi connectivity index (χ0v) is 11.9. The Labute approximate surface area is 119 Å². The number of carboxylic acids is 1. The fourth-order valence-electron chi connectivity index (χ4n) is 2.00. The Hall–Kier alpha value is -1.88. The lowest BCUT2D eigenvalue weighted by Crippen LogP contribution is -2.36. The molecule has 0 saturated carbocycles. The van der Waals surface area contributed by atoms with Crippen LogP contribution in [0.3, 0.4) is 0 Å². The van der Waals surface area contributed by atoms with Crippen molar-refractivity contribution in [2.45, 2.75) is 26.8 Å². The third kappa shape index (κ3) is 4.66. The first kappa shape index (κ1) is 16.2. The fraction of sp³-hybridized carbons (Fsp3) is 0.467. The maximum Gasteiger partial charge on any atom is 0.308 e. The third-order valence-corrected chi connectivity index (χ3v) is 3.33. The quantitative estimate of drug-likeness (QED) is 0.698. The second kappa shape index (κ2) is 7.65. The molecule has 0 aliphatic rings. The average molecular weight is 278 g/mol. The molecule has 0 heterocycles.